The van der Waals surface area contributed by atoms with Crippen LogP contribution in [0, 0.1) is 0 Å². The Morgan fingerprint density at radius 2 is 0.558 bits per heavy atom. The minimum absolute atomic E-state index is 0. The Morgan fingerprint density at radius 1 is 0.279 bits per heavy atom. The van der Waals surface area contributed by atoms with E-state index in [4.69, 9.17) is 0 Å². The molecule has 6 aromatic heterocycles. The van der Waals surface area contributed by atoms with Gasteiger partial charge in [0.25, 0.3) is 0 Å². The smallest absolute Gasteiger partial charge is 0.0795 e. The third-order valence-electron chi connectivity index (χ3n) is 7.06. The maximum absolute atomic E-state index is 4.37. The number of nitrogens with zero attached hydrogens (tertiary/aromatic N) is 6. The summed E-state index contributed by atoms with van der Waals surface area (Å²) in [5.41, 5.74) is 6.07. The predicted octanol–water partition coefficient (Wildman–Crippen LogP) is 8.35. The quantitative estimate of drug-likeness (QED) is 0.129. The van der Waals surface area contributed by atoms with Gasteiger partial charge in [-0.25, -0.2) is 0 Å². The third kappa shape index (κ3) is 5.72. The summed E-state index contributed by atoms with van der Waals surface area (Å²) in [6.07, 6.45) is 10.9. The van der Waals surface area contributed by atoms with Crippen LogP contribution in [-0.2, 0) is 17.1 Å². The molecule has 0 aliphatic heterocycles. The van der Waals surface area contributed by atoms with Crippen LogP contribution in [0.25, 0.3) is 65.4 Å². The zero-order chi connectivity index (χ0) is 28.1. The van der Waals surface area contributed by atoms with Crippen molar-refractivity contribution in [1.29, 1.82) is 0 Å². The molecule has 0 saturated carbocycles. The molecule has 6 nitrogen and oxygen atoms in total. The molecule has 0 fully saturated rings. The maximum atomic E-state index is 4.37. The van der Waals surface area contributed by atoms with Gasteiger partial charge in [-0.05, 0) is 72.8 Å². The van der Waals surface area contributed by atoms with Gasteiger partial charge >= 0.3 is 0 Å². The first-order chi connectivity index (χ1) is 20.8. The van der Waals surface area contributed by atoms with E-state index in [1.54, 1.807) is 18.6 Å². The number of hydrogen-bond acceptors (Lipinski definition) is 6. The molecule has 43 heavy (non-hydrogen) atoms. The van der Waals surface area contributed by atoms with Crippen LogP contribution in [0.2, 0.25) is 0 Å². The molecular weight excluding hydrogens is 572 g/mol. The average molecular weight is 596 g/mol. The van der Waals surface area contributed by atoms with Crippen LogP contribution in [0.4, 0.5) is 0 Å². The Morgan fingerprint density at radius 3 is 0.884 bits per heavy atom. The van der Waals surface area contributed by atoms with Crippen molar-refractivity contribution in [2.24, 2.45) is 0 Å². The fraction of sp³-hybridized carbons (Fsp3) is 0. The van der Waals surface area contributed by atoms with Crippen molar-refractivity contribution < 1.29 is 17.1 Å². The van der Waals surface area contributed by atoms with Gasteiger partial charge in [0, 0.05) is 86.6 Å². The second-order valence-corrected chi connectivity index (χ2v) is 9.63. The van der Waals surface area contributed by atoms with E-state index in [-0.39, 0.29) is 17.1 Å². The van der Waals surface area contributed by atoms with Crippen molar-refractivity contribution in [1.82, 2.24) is 29.9 Å². The molecule has 6 heterocycles. The normalized spacial score (nSPS) is 10.6. The molecule has 9 aromatic rings. The van der Waals surface area contributed by atoms with Crippen molar-refractivity contribution in [2.45, 2.75) is 0 Å². The summed E-state index contributed by atoms with van der Waals surface area (Å²) in [6, 6.07) is 36.3. The van der Waals surface area contributed by atoms with Crippen LogP contribution >= 0.6 is 0 Å². The molecule has 0 bridgehead atoms. The predicted molar refractivity (Wildman–Crippen MR) is 171 cm³/mol. The van der Waals surface area contributed by atoms with Gasteiger partial charge in [0.2, 0.25) is 0 Å². The Kier molecular flexibility index (Phi) is 8.18. The molecule has 0 amide bonds. The van der Waals surface area contributed by atoms with Crippen molar-refractivity contribution in [2.75, 3.05) is 0 Å². The minimum atomic E-state index is 0. The molecule has 3 aromatic carbocycles. The van der Waals surface area contributed by atoms with Crippen molar-refractivity contribution in [3.8, 4) is 0 Å². The van der Waals surface area contributed by atoms with Gasteiger partial charge < -0.3 is 0 Å². The summed E-state index contributed by atoms with van der Waals surface area (Å²) >= 11 is 0. The summed E-state index contributed by atoms with van der Waals surface area (Å²) in [4.78, 5) is 26.0. The van der Waals surface area contributed by atoms with E-state index in [9.17, 15) is 0 Å². The van der Waals surface area contributed by atoms with Crippen molar-refractivity contribution in [3.63, 3.8) is 0 Å². The largest absolute Gasteiger partial charge is 0.256 e. The Hall–Kier alpha value is -5.36. The summed E-state index contributed by atoms with van der Waals surface area (Å²) in [5.74, 6) is 0. The Bertz CT molecular complexity index is 1910. The summed E-state index contributed by atoms with van der Waals surface area (Å²) in [7, 11) is 0. The number of benzene rings is 3. The number of hydrogen-bond donors (Lipinski definition) is 0. The minimum Gasteiger partial charge on any atom is -0.256 e. The molecule has 0 radical (unpaired) electrons. The number of aromatic nitrogens is 6. The molecule has 0 spiro atoms. The standard InChI is InChI=1S/3C12H8N2.Fe/c3*1-3-9-5-6-11-10(4-2-7-13-11)12(9)14-8-1;/h3*1-8H;. The van der Waals surface area contributed by atoms with Crippen LogP contribution in [0.3, 0.4) is 0 Å². The van der Waals surface area contributed by atoms with Crippen molar-refractivity contribution >= 4 is 65.4 Å². The van der Waals surface area contributed by atoms with Gasteiger partial charge in [0.05, 0.1) is 33.1 Å². The van der Waals surface area contributed by atoms with Gasteiger partial charge in [-0.2, -0.15) is 0 Å². The average Bonchev–Trinajstić information content (AvgIpc) is 3.09. The zero-order valence-electron chi connectivity index (χ0n) is 22.9. The van der Waals surface area contributed by atoms with Gasteiger partial charge in [-0.1, -0.05) is 36.4 Å². The molecule has 0 aliphatic rings. The van der Waals surface area contributed by atoms with E-state index in [2.05, 4.69) is 84.5 Å². The van der Waals surface area contributed by atoms with E-state index >= 15 is 0 Å². The second-order valence-electron chi connectivity index (χ2n) is 9.63. The van der Waals surface area contributed by atoms with Crippen LogP contribution < -0.4 is 0 Å². The molecule has 0 aliphatic carbocycles. The number of fused-ring (bicyclic) bond motifs is 9. The van der Waals surface area contributed by atoms with E-state index in [0.29, 0.717) is 0 Å². The van der Waals surface area contributed by atoms with E-state index < -0.39 is 0 Å². The second kappa shape index (κ2) is 12.7. The molecular formula is C36H24FeN6. The topological polar surface area (TPSA) is 77.3 Å². The molecule has 0 N–H and O–H groups in total. The maximum Gasteiger partial charge on any atom is 0.0795 e. The molecule has 7 heteroatoms. The van der Waals surface area contributed by atoms with E-state index in [1.165, 1.54) is 0 Å². The summed E-state index contributed by atoms with van der Waals surface area (Å²) in [6.45, 7) is 0. The molecule has 0 atom stereocenters. The zero-order valence-corrected chi connectivity index (χ0v) is 24.0. The fourth-order valence-corrected chi connectivity index (χ4v) is 5.09. The fourth-order valence-electron chi connectivity index (χ4n) is 5.09. The first-order valence-electron chi connectivity index (χ1n) is 13.6. The van der Waals surface area contributed by atoms with Gasteiger partial charge in [-0.15, -0.1) is 0 Å². The third-order valence-corrected chi connectivity index (χ3v) is 7.06. The van der Waals surface area contributed by atoms with Crippen LogP contribution in [-0.4, -0.2) is 29.9 Å². The Labute approximate surface area is 258 Å². The van der Waals surface area contributed by atoms with Gasteiger partial charge in [0.15, 0.2) is 0 Å². The summed E-state index contributed by atoms with van der Waals surface area (Å²) < 4.78 is 0. The first kappa shape index (κ1) is 27.8. The van der Waals surface area contributed by atoms with Crippen LogP contribution in [0.15, 0.2) is 146 Å². The van der Waals surface area contributed by atoms with Gasteiger partial charge in [-0.3, -0.25) is 29.9 Å². The molecule has 9 rings (SSSR count). The molecule has 0 unspecified atom stereocenters. The van der Waals surface area contributed by atoms with E-state index in [0.717, 1.165) is 65.4 Å². The number of pyridine rings is 6. The first-order valence-corrected chi connectivity index (χ1v) is 13.6. The molecule has 206 valence electrons. The Balaban J connectivity index is 0.000000113. The van der Waals surface area contributed by atoms with Crippen LogP contribution in [0.5, 0.6) is 0 Å². The van der Waals surface area contributed by atoms with E-state index in [1.807, 2.05) is 73.2 Å². The van der Waals surface area contributed by atoms with Crippen molar-refractivity contribution in [3.05, 3.63) is 146 Å². The van der Waals surface area contributed by atoms with Crippen LogP contribution in [0.1, 0.15) is 0 Å². The summed E-state index contributed by atoms with van der Waals surface area (Å²) in [5, 5.41) is 6.83. The SMILES string of the molecule is [Fe].c1cnc2c(c1)ccc1ncccc12.c1cnc2c(c1)ccc1ncccc12.c1cnc2c(c1)ccc1ncccc12. The number of rotatable bonds is 0. The monoisotopic (exact) mass is 596 g/mol. The van der Waals surface area contributed by atoms with Gasteiger partial charge in [0.1, 0.15) is 0 Å². The molecule has 0 saturated heterocycles.